The SMILES string of the molecule is CSc1ccc(-c2noc(CN3C(=O)COc4ccc(C(C)(C)C)cc43)n2)cc1. The fourth-order valence-corrected chi connectivity index (χ4v) is 3.56. The fourth-order valence-electron chi connectivity index (χ4n) is 3.15. The summed E-state index contributed by atoms with van der Waals surface area (Å²) in [4.78, 5) is 19.9. The molecule has 0 fully saturated rings. The van der Waals surface area contributed by atoms with Gasteiger partial charge in [-0.25, -0.2) is 0 Å². The number of carbonyl (C=O) groups is 1. The normalized spacial score (nSPS) is 13.9. The largest absolute Gasteiger partial charge is 0.482 e. The molecule has 150 valence electrons. The summed E-state index contributed by atoms with van der Waals surface area (Å²) in [5, 5.41) is 4.08. The highest BCUT2D eigenvalue weighted by Gasteiger charge is 2.29. The van der Waals surface area contributed by atoms with Crippen molar-refractivity contribution < 1.29 is 14.1 Å². The van der Waals surface area contributed by atoms with Gasteiger partial charge < -0.3 is 9.26 Å². The Morgan fingerprint density at radius 1 is 1.14 bits per heavy atom. The number of carbonyl (C=O) groups excluding carboxylic acids is 1. The third-order valence-electron chi connectivity index (χ3n) is 4.88. The maximum absolute atomic E-state index is 12.6. The minimum Gasteiger partial charge on any atom is -0.482 e. The van der Waals surface area contributed by atoms with Crippen LogP contribution in [0, 0.1) is 0 Å². The number of thioether (sulfide) groups is 1. The van der Waals surface area contributed by atoms with Gasteiger partial charge in [-0.15, -0.1) is 11.8 Å². The van der Waals surface area contributed by atoms with Crippen LogP contribution in [0.4, 0.5) is 5.69 Å². The van der Waals surface area contributed by atoms with Gasteiger partial charge in [0.15, 0.2) is 6.61 Å². The van der Waals surface area contributed by atoms with Crippen LogP contribution in [0.25, 0.3) is 11.4 Å². The summed E-state index contributed by atoms with van der Waals surface area (Å²) >= 11 is 1.68. The molecule has 1 aliphatic heterocycles. The number of hydrogen-bond acceptors (Lipinski definition) is 6. The van der Waals surface area contributed by atoms with E-state index in [0.717, 1.165) is 16.8 Å². The minimum absolute atomic E-state index is 0.000987. The van der Waals surface area contributed by atoms with Crippen molar-refractivity contribution in [1.29, 1.82) is 0 Å². The Morgan fingerprint density at radius 3 is 2.59 bits per heavy atom. The van der Waals surface area contributed by atoms with Gasteiger partial charge in [0.25, 0.3) is 5.91 Å². The molecule has 6 nitrogen and oxygen atoms in total. The van der Waals surface area contributed by atoms with Crippen LogP contribution in [0.3, 0.4) is 0 Å². The highest BCUT2D eigenvalue weighted by Crippen LogP contribution is 2.37. The molecule has 2 aromatic carbocycles. The number of fused-ring (bicyclic) bond motifs is 1. The van der Waals surface area contributed by atoms with Crippen molar-refractivity contribution in [2.24, 2.45) is 0 Å². The monoisotopic (exact) mass is 409 g/mol. The number of aromatic nitrogens is 2. The molecular weight excluding hydrogens is 386 g/mol. The quantitative estimate of drug-likeness (QED) is 0.583. The summed E-state index contributed by atoms with van der Waals surface area (Å²) in [5.41, 5.74) is 2.70. The first-order chi connectivity index (χ1) is 13.8. The second-order valence-electron chi connectivity index (χ2n) is 7.94. The molecule has 1 amide bonds. The molecule has 0 atom stereocenters. The summed E-state index contributed by atoms with van der Waals surface area (Å²) < 4.78 is 11.0. The van der Waals surface area contributed by atoms with E-state index in [1.54, 1.807) is 16.7 Å². The van der Waals surface area contributed by atoms with Crippen LogP contribution in [-0.2, 0) is 16.8 Å². The summed E-state index contributed by atoms with van der Waals surface area (Å²) in [6, 6.07) is 13.9. The third kappa shape index (κ3) is 4.00. The van der Waals surface area contributed by atoms with Gasteiger partial charge in [0, 0.05) is 10.5 Å². The third-order valence-corrected chi connectivity index (χ3v) is 5.62. The lowest BCUT2D eigenvalue weighted by Crippen LogP contribution is -2.38. The molecule has 0 N–H and O–H groups in total. The van der Waals surface area contributed by atoms with Crippen LogP contribution in [-0.4, -0.2) is 28.9 Å². The van der Waals surface area contributed by atoms with E-state index < -0.39 is 0 Å². The topological polar surface area (TPSA) is 68.5 Å². The van der Waals surface area contributed by atoms with Gasteiger partial charge in [0.2, 0.25) is 11.7 Å². The van der Waals surface area contributed by atoms with E-state index in [1.165, 1.54) is 4.90 Å². The Balaban J connectivity index is 1.61. The van der Waals surface area contributed by atoms with Gasteiger partial charge in [-0.1, -0.05) is 32.0 Å². The second-order valence-corrected chi connectivity index (χ2v) is 8.82. The lowest BCUT2D eigenvalue weighted by molar-refractivity contribution is -0.121. The maximum Gasteiger partial charge on any atom is 0.265 e. The van der Waals surface area contributed by atoms with Crippen LogP contribution in [0.15, 0.2) is 51.9 Å². The molecule has 29 heavy (non-hydrogen) atoms. The number of benzene rings is 2. The van der Waals surface area contributed by atoms with E-state index in [-0.39, 0.29) is 24.5 Å². The zero-order valence-corrected chi connectivity index (χ0v) is 17.7. The number of amides is 1. The van der Waals surface area contributed by atoms with E-state index in [4.69, 9.17) is 9.26 Å². The van der Waals surface area contributed by atoms with E-state index >= 15 is 0 Å². The molecule has 0 radical (unpaired) electrons. The summed E-state index contributed by atoms with van der Waals surface area (Å²) in [7, 11) is 0. The van der Waals surface area contributed by atoms with Crippen molar-refractivity contribution >= 4 is 23.4 Å². The summed E-state index contributed by atoms with van der Waals surface area (Å²) in [5.74, 6) is 1.45. The van der Waals surface area contributed by atoms with Gasteiger partial charge in [0.05, 0.1) is 5.69 Å². The predicted molar refractivity (Wildman–Crippen MR) is 113 cm³/mol. The first kappa shape index (κ1) is 19.5. The zero-order valence-electron chi connectivity index (χ0n) is 16.9. The number of ether oxygens (including phenoxy) is 1. The second kappa shape index (κ2) is 7.55. The Kier molecular flexibility index (Phi) is 5.08. The van der Waals surface area contributed by atoms with Gasteiger partial charge >= 0.3 is 0 Å². The van der Waals surface area contributed by atoms with Crippen LogP contribution in [0.1, 0.15) is 32.2 Å². The predicted octanol–water partition coefficient (Wildman–Crippen LogP) is 4.68. The highest BCUT2D eigenvalue weighted by atomic mass is 32.2. The molecule has 3 aromatic rings. The molecule has 1 aromatic heterocycles. The molecule has 7 heteroatoms. The smallest absolute Gasteiger partial charge is 0.265 e. The Bertz CT molecular complexity index is 1040. The van der Waals surface area contributed by atoms with Crippen LogP contribution < -0.4 is 9.64 Å². The van der Waals surface area contributed by atoms with Crippen molar-refractivity contribution in [2.75, 3.05) is 17.8 Å². The summed E-state index contributed by atoms with van der Waals surface area (Å²) in [6.07, 6.45) is 2.03. The van der Waals surface area contributed by atoms with Crippen LogP contribution in [0.2, 0.25) is 0 Å². The number of anilines is 1. The minimum atomic E-state index is -0.132. The lowest BCUT2D eigenvalue weighted by Gasteiger charge is -2.30. The molecule has 2 heterocycles. The van der Waals surface area contributed by atoms with E-state index in [2.05, 4.69) is 30.9 Å². The van der Waals surface area contributed by atoms with E-state index in [0.29, 0.717) is 17.5 Å². The van der Waals surface area contributed by atoms with Crippen molar-refractivity contribution in [2.45, 2.75) is 37.6 Å². The molecule has 0 saturated carbocycles. The average Bonchev–Trinajstić information content (AvgIpc) is 3.18. The zero-order chi connectivity index (χ0) is 20.6. The van der Waals surface area contributed by atoms with Gasteiger partial charge in [0.1, 0.15) is 12.3 Å². The number of hydrogen-bond donors (Lipinski definition) is 0. The van der Waals surface area contributed by atoms with Gasteiger partial charge in [-0.05, 0) is 53.6 Å². The Labute approximate surface area is 174 Å². The van der Waals surface area contributed by atoms with Crippen LogP contribution >= 0.6 is 11.8 Å². The van der Waals surface area contributed by atoms with E-state index in [1.807, 2.05) is 48.7 Å². The van der Waals surface area contributed by atoms with Gasteiger partial charge in [-0.3, -0.25) is 9.69 Å². The number of nitrogens with zero attached hydrogens (tertiary/aromatic N) is 3. The number of rotatable bonds is 4. The van der Waals surface area contributed by atoms with Crippen molar-refractivity contribution in [1.82, 2.24) is 10.1 Å². The van der Waals surface area contributed by atoms with E-state index in [9.17, 15) is 4.79 Å². The molecule has 0 spiro atoms. The standard InChI is InChI=1S/C22H23N3O3S/c1-22(2,3)15-7-10-18-17(11-15)25(20(26)13-27-18)12-19-23-21(24-28-19)14-5-8-16(29-4)9-6-14/h5-11H,12-13H2,1-4H3. The first-order valence-corrected chi connectivity index (χ1v) is 10.6. The molecule has 0 aliphatic carbocycles. The van der Waals surface area contributed by atoms with Crippen LogP contribution in [0.5, 0.6) is 5.75 Å². The van der Waals surface area contributed by atoms with Crippen molar-refractivity contribution in [3.05, 3.63) is 53.9 Å². The summed E-state index contributed by atoms with van der Waals surface area (Å²) in [6.45, 7) is 6.61. The molecular formula is C22H23N3O3S. The molecule has 4 rings (SSSR count). The Hall–Kier alpha value is -2.80. The maximum atomic E-state index is 12.6. The molecule has 1 aliphatic rings. The van der Waals surface area contributed by atoms with Crippen molar-refractivity contribution in [3.8, 4) is 17.1 Å². The van der Waals surface area contributed by atoms with Gasteiger partial charge in [-0.2, -0.15) is 4.98 Å². The lowest BCUT2D eigenvalue weighted by atomic mass is 9.86. The van der Waals surface area contributed by atoms with Crippen molar-refractivity contribution in [3.63, 3.8) is 0 Å². The molecule has 0 bridgehead atoms. The first-order valence-electron chi connectivity index (χ1n) is 9.40. The average molecular weight is 410 g/mol. The fraction of sp³-hybridized carbons (Fsp3) is 0.318. The highest BCUT2D eigenvalue weighted by molar-refractivity contribution is 7.98. The molecule has 0 saturated heterocycles. The Morgan fingerprint density at radius 2 is 1.90 bits per heavy atom. The molecule has 0 unspecified atom stereocenters.